The molecule has 1 heterocycles. The van der Waals surface area contributed by atoms with Crippen molar-refractivity contribution in [2.24, 2.45) is 7.05 Å². The van der Waals surface area contributed by atoms with E-state index < -0.39 is 11.8 Å². The quantitative estimate of drug-likeness (QED) is 0.647. The highest BCUT2D eigenvalue weighted by Crippen LogP contribution is 2.17. The monoisotopic (exact) mass is 398 g/mol. The van der Waals surface area contributed by atoms with E-state index in [9.17, 15) is 9.59 Å². The Morgan fingerprint density at radius 3 is 2.29 bits per heavy atom. The Hall–Kier alpha value is -3.32. The van der Waals surface area contributed by atoms with Crippen molar-refractivity contribution in [3.63, 3.8) is 0 Å². The van der Waals surface area contributed by atoms with E-state index in [-0.39, 0.29) is 5.69 Å². The maximum Gasteiger partial charge on any atom is 0.290 e. The van der Waals surface area contributed by atoms with Crippen molar-refractivity contribution in [3.05, 3.63) is 82.1 Å². The first kappa shape index (κ1) is 19.4. The topological polar surface area (TPSA) is 85.2 Å². The van der Waals surface area contributed by atoms with E-state index in [0.29, 0.717) is 22.9 Å². The van der Waals surface area contributed by atoms with Gasteiger partial charge in [0.1, 0.15) is 12.4 Å². The minimum Gasteiger partial charge on any atom is -0.489 e. The van der Waals surface area contributed by atoms with Gasteiger partial charge in [0, 0.05) is 23.3 Å². The van der Waals surface area contributed by atoms with Crippen LogP contribution in [0.3, 0.4) is 0 Å². The second-order valence-corrected chi connectivity index (χ2v) is 6.58. The van der Waals surface area contributed by atoms with Crippen LogP contribution in [0.25, 0.3) is 0 Å². The third-order valence-electron chi connectivity index (χ3n) is 4.07. The number of carbonyl (C=O) groups is 2. The molecule has 3 rings (SSSR count). The second kappa shape index (κ2) is 8.58. The number of hydrogen-bond acceptors (Lipinski definition) is 4. The van der Waals surface area contributed by atoms with Gasteiger partial charge < -0.3 is 4.74 Å². The van der Waals surface area contributed by atoms with Crippen molar-refractivity contribution in [1.82, 2.24) is 20.6 Å². The minimum atomic E-state index is -0.481. The first-order chi connectivity index (χ1) is 13.4. The van der Waals surface area contributed by atoms with E-state index in [1.165, 1.54) is 0 Å². The van der Waals surface area contributed by atoms with Crippen molar-refractivity contribution in [1.29, 1.82) is 0 Å². The van der Waals surface area contributed by atoms with Crippen LogP contribution < -0.4 is 15.6 Å². The van der Waals surface area contributed by atoms with Gasteiger partial charge in [0.25, 0.3) is 11.8 Å². The molecule has 7 nitrogen and oxygen atoms in total. The first-order valence-electron chi connectivity index (χ1n) is 8.51. The number of hydrogen-bond donors (Lipinski definition) is 2. The number of halogens is 1. The Bertz CT molecular complexity index is 962. The predicted molar refractivity (Wildman–Crippen MR) is 105 cm³/mol. The molecule has 1 aromatic heterocycles. The molecule has 28 heavy (non-hydrogen) atoms. The van der Waals surface area contributed by atoms with Crippen molar-refractivity contribution in [3.8, 4) is 5.75 Å². The summed E-state index contributed by atoms with van der Waals surface area (Å²) in [4.78, 5) is 24.2. The summed E-state index contributed by atoms with van der Waals surface area (Å²) in [7, 11) is 1.74. The molecular formula is C20H19ClN4O3. The number of benzene rings is 2. The molecule has 0 unspecified atom stereocenters. The summed E-state index contributed by atoms with van der Waals surface area (Å²) >= 11 is 5.84. The third kappa shape index (κ3) is 4.89. The number of aryl methyl sites for hydroxylation is 2. The zero-order chi connectivity index (χ0) is 20.1. The van der Waals surface area contributed by atoms with Crippen LogP contribution in [-0.2, 0) is 13.7 Å². The van der Waals surface area contributed by atoms with Gasteiger partial charge in [-0.15, -0.1) is 0 Å². The summed E-state index contributed by atoms with van der Waals surface area (Å²) in [6.07, 6.45) is 0. The molecule has 0 saturated carbocycles. The fourth-order valence-corrected chi connectivity index (χ4v) is 2.50. The van der Waals surface area contributed by atoms with Crippen LogP contribution in [-0.4, -0.2) is 21.6 Å². The lowest BCUT2D eigenvalue weighted by Crippen LogP contribution is -2.41. The van der Waals surface area contributed by atoms with Crippen LogP contribution in [0, 0.1) is 6.92 Å². The normalized spacial score (nSPS) is 10.4. The highest BCUT2D eigenvalue weighted by molar-refractivity contribution is 6.30. The molecular weight excluding hydrogens is 380 g/mol. The first-order valence-corrected chi connectivity index (χ1v) is 8.89. The number of aromatic nitrogens is 2. The van der Waals surface area contributed by atoms with Gasteiger partial charge in [-0.25, -0.2) is 0 Å². The number of rotatable bonds is 5. The molecule has 0 aliphatic carbocycles. The lowest BCUT2D eigenvalue weighted by molar-refractivity contribution is 0.0843. The summed E-state index contributed by atoms with van der Waals surface area (Å²) in [6, 6.07) is 15.6. The van der Waals surface area contributed by atoms with E-state index in [1.54, 1.807) is 66.3 Å². The maximum atomic E-state index is 12.2. The largest absolute Gasteiger partial charge is 0.489 e. The molecule has 0 atom stereocenters. The number of nitrogens with zero attached hydrogens (tertiary/aromatic N) is 2. The molecule has 0 fully saturated rings. The van der Waals surface area contributed by atoms with E-state index in [0.717, 1.165) is 11.3 Å². The molecule has 0 aliphatic rings. The Morgan fingerprint density at radius 2 is 1.68 bits per heavy atom. The van der Waals surface area contributed by atoms with Crippen molar-refractivity contribution < 1.29 is 14.3 Å². The highest BCUT2D eigenvalue weighted by Gasteiger charge is 2.12. The number of ether oxygens (including phenoxy) is 1. The molecule has 3 aromatic rings. The SMILES string of the molecule is Cc1cc(C(=O)NNC(=O)c2ccc(COc3ccc(Cl)cc3)cc2)nn1C. The van der Waals surface area contributed by atoms with Crippen LogP contribution in [0.15, 0.2) is 54.6 Å². The van der Waals surface area contributed by atoms with Gasteiger partial charge in [0.05, 0.1) is 0 Å². The lowest BCUT2D eigenvalue weighted by atomic mass is 10.1. The molecule has 2 amide bonds. The third-order valence-corrected chi connectivity index (χ3v) is 4.32. The Morgan fingerprint density at radius 1 is 1.04 bits per heavy atom. The smallest absolute Gasteiger partial charge is 0.290 e. The van der Waals surface area contributed by atoms with Crippen LogP contribution in [0.1, 0.15) is 32.1 Å². The molecule has 2 N–H and O–H groups in total. The standard InChI is InChI=1S/C20H19ClN4O3/c1-13-11-18(24-25(13)2)20(27)23-22-19(26)15-5-3-14(4-6-15)12-28-17-9-7-16(21)8-10-17/h3-11H,12H2,1-2H3,(H,22,26)(H,23,27). The van der Waals surface area contributed by atoms with Crippen molar-refractivity contribution >= 4 is 23.4 Å². The van der Waals surface area contributed by atoms with Crippen molar-refractivity contribution in [2.75, 3.05) is 0 Å². The number of carbonyl (C=O) groups excluding carboxylic acids is 2. The van der Waals surface area contributed by atoms with Crippen LogP contribution >= 0.6 is 11.6 Å². The molecule has 0 saturated heterocycles. The maximum absolute atomic E-state index is 12.2. The lowest BCUT2D eigenvalue weighted by Gasteiger charge is -2.08. The summed E-state index contributed by atoms with van der Waals surface area (Å²) in [5.41, 5.74) is 7.12. The van der Waals surface area contributed by atoms with Crippen LogP contribution in [0.5, 0.6) is 5.75 Å². The van der Waals surface area contributed by atoms with Crippen LogP contribution in [0.4, 0.5) is 0 Å². The molecule has 0 radical (unpaired) electrons. The van der Waals surface area contributed by atoms with Crippen LogP contribution in [0.2, 0.25) is 5.02 Å². The Balaban J connectivity index is 1.51. The van der Waals surface area contributed by atoms with Gasteiger partial charge in [0.15, 0.2) is 5.69 Å². The van der Waals surface area contributed by atoms with E-state index >= 15 is 0 Å². The highest BCUT2D eigenvalue weighted by atomic mass is 35.5. The van der Waals surface area contributed by atoms with Gasteiger partial charge in [-0.05, 0) is 55.0 Å². The number of nitrogens with one attached hydrogen (secondary N) is 2. The molecule has 0 bridgehead atoms. The fraction of sp³-hybridized carbons (Fsp3) is 0.150. The molecule has 8 heteroatoms. The van der Waals surface area contributed by atoms with Gasteiger partial charge in [-0.1, -0.05) is 23.7 Å². The molecule has 144 valence electrons. The predicted octanol–water partition coefficient (Wildman–Crippen LogP) is 3.04. The Labute approximate surface area is 167 Å². The van der Waals surface area contributed by atoms with E-state index in [4.69, 9.17) is 16.3 Å². The fourth-order valence-electron chi connectivity index (χ4n) is 2.37. The summed E-state index contributed by atoms with van der Waals surface area (Å²) in [5.74, 6) is -0.199. The van der Waals surface area contributed by atoms with E-state index in [1.807, 2.05) is 6.92 Å². The molecule has 0 spiro atoms. The minimum absolute atomic E-state index is 0.231. The average Bonchev–Trinajstić information content (AvgIpc) is 3.04. The summed E-state index contributed by atoms with van der Waals surface area (Å²) in [6.45, 7) is 2.19. The second-order valence-electron chi connectivity index (χ2n) is 6.14. The van der Waals surface area contributed by atoms with Gasteiger partial charge in [0.2, 0.25) is 0 Å². The van der Waals surface area contributed by atoms with E-state index in [2.05, 4.69) is 16.0 Å². The zero-order valence-electron chi connectivity index (χ0n) is 15.4. The van der Waals surface area contributed by atoms with Crippen molar-refractivity contribution in [2.45, 2.75) is 13.5 Å². The summed E-state index contributed by atoms with van der Waals surface area (Å²) < 4.78 is 7.25. The number of amides is 2. The summed E-state index contributed by atoms with van der Waals surface area (Å²) in [5, 5.41) is 4.70. The zero-order valence-corrected chi connectivity index (χ0v) is 16.2. The van der Waals surface area contributed by atoms with Gasteiger partial charge >= 0.3 is 0 Å². The molecule has 2 aromatic carbocycles. The average molecular weight is 399 g/mol. The number of hydrazine groups is 1. The van der Waals surface area contributed by atoms with Gasteiger partial charge in [-0.3, -0.25) is 25.1 Å². The van der Waals surface area contributed by atoms with Gasteiger partial charge in [-0.2, -0.15) is 5.10 Å². The Kier molecular flexibility index (Phi) is 5.96. The molecule has 0 aliphatic heterocycles.